The Morgan fingerprint density at radius 3 is 2.15 bits per heavy atom. The zero-order valence-corrected chi connectivity index (χ0v) is 20.4. The molecule has 0 aliphatic carbocycles. The minimum Gasteiger partial charge on any atom is -0.324 e. The van der Waals surface area contributed by atoms with Gasteiger partial charge in [-0.1, -0.05) is 36.4 Å². The molecule has 8 heteroatoms. The van der Waals surface area contributed by atoms with Crippen molar-refractivity contribution in [1.29, 1.82) is 5.26 Å². The molecule has 174 valence electrons. The number of carbonyl (C=O) groups is 1. The Labute approximate surface area is 204 Å². The fourth-order valence-electron chi connectivity index (χ4n) is 4.08. The largest absolute Gasteiger partial charge is 0.324 e. The molecular formula is C26H25N3O3S2. The smallest absolute Gasteiger partial charge is 0.321 e. The highest BCUT2D eigenvalue weighted by molar-refractivity contribution is 7.98. The van der Waals surface area contributed by atoms with E-state index >= 15 is 0 Å². The summed E-state index contributed by atoms with van der Waals surface area (Å²) in [5, 5.41) is 11.4. The molecule has 0 spiro atoms. The summed E-state index contributed by atoms with van der Waals surface area (Å²) in [5.74, 6) is 0. The van der Waals surface area contributed by atoms with Crippen molar-refractivity contribution in [2.24, 2.45) is 0 Å². The molecule has 6 nitrogen and oxygen atoms in total. The van der Waals surface area contributed by atoms with Gasteiger partial charge in [-0.05, 0) is 66.6 Å². The first-order valence-corrected chi connectivity index (χ1v) is 13.7. The van der Waals surface area contributed by atoms with Gasteiger partial charge < -0.3 is 10.2 Å². The third-order valence-corrected chi connectivity index (χ3v) is 9.12. The molecule has 1 heterocycles. The normalized spacial score (nSPS) is 14.4. The molecule has 0 saturated carbocycles. The number of nitrogens with one attached hydrogen (secondary N) is 1. The lowest BCUT2D eigenvalue weighted by Crippen LogP contribution is -2.44. The zero-order chi connectivity index (χ0) is 24.1. The average molecular weight is 492 g/mol. The number of hydrogen-bond donors (Lipinski definition) is 1. The Morgan fingerprint density at radius 2 is 1.56 bits per heavy atom. The van der Waals surface area contributed by atoms with Gasteiger partial charge in [0.2, 0.25) is 0 Å². The fourth-order valence-corrected chi connectivity index (χ4v) is 6.36. The van der Waals surface area contributed by atoms with Crippen molar-refractivity contribution >= 4 is 33.3 Å². The summed E-state index contributed by atoms with van der Waals surface area (Å²) < 4.78 is 26.4. The first-order chi connectivity index (χ1) is 16.4. The van der Waals surface area contributed by atoms with Crippen molar-refractivity contribution in [2.45, 2.75) is 27.9 Å². The molecule has 0 radical (unpaired) electrons. The monoisotopic (exact) mass is 491 g/mol. The highest BCUT2D eigenvalue weighted by Crippen LogP contribution is 2.29. The van der Waals surface area contributed by atoms with Crippen LogP contribution >= 0.6 is 11.8 Å². The molecule has 1 saturated heterocycles. The van der Waals surface area contributed by atoms with Gasteiger partial charge in [-0.25, -0.2) is 13.2 Å². The third-order valence-electron chi connectivity index (χ3n) is 6.05. The van der Waals surface area contributed by atoms with Crippen LogP contribution in [0.2, 0.25) is 0 Å². The summed E-state index contributed by atoms with van der Waals surface area (Å²) in [6.07, 6.45) is 2.76. The van der Waals surface area contributed by atoms with Crippen LogP contribution in [0.5, 0.6) is 0 Å². The summed E-state index contributed by atoms with van der Waals surface area (Å²) in [5.41, 5.74) is 3.15. The number of rotatable bonds is 5. The number of nitrogens with zero attached hydrogens (tertiary/aromatic N) is 2. The molecule has 3 aromatic carbocycles. The molecule has 3 aromatic rings. The summed E-state index contributed by atoms with van der Waals surface area (Å²) in [6, 6.07) is 23.5. The fraction of sp³-hybridized carbons (Fsp3) is 0.231. The second-order valence-corrected chi connectivity index (χ2v) is 11.2. The molecule has 1 N–H and O–H groups in total. The molecule has 34 heavy (non-hydrogen) atoms. The van der Waals surface area contributed by atoms with Crippen molar-refractivity contribution in [3.63, 3.8) is 0 Å². The number of benzene rings is 3. The number of piperidine rings is 1. The van der Waals surface area contributed by atoms with E-state index in [1.54, 1.807) is 53.1 Å². The minimum absolute atomic E-state index is 0.205. The van der Waals surface area contributed by atoms with Crippen LogP contribution in [0, 0.1) is 11.3 Å². The van der Waals surface area contributed by atoms with Crippen LogP contribution in [0.25, 0.3) is 11.1 Å². The quantitative estimate of drug-likeness (QED) is 0.482. The number of para-hydroxylation sites is 1. The van der Waals surface area contributed by atoms with Crippen LogP contribution in [0.4, 0.5) is 10.5 Å². The first-order valence-electron chi connectivity index (χ1n) is 11.0. The van der Waals surface area contributed by atoms with Crippen molar-refractivity contribution in [1.82, 2.24) is 4.90 Å². The van der Waals surface area contributed by atoms with E-state index in [0.29, 0.717) is 36.4 Å². The Kier molecular flexibility index (Phi) is 7.25. The van der Waals surface area contributed by atoms with Gasteiger partial charge in [-0.2, -0.15) is 5.26 Å². The maximum Gasteiger partial charge on any atom is 0.321 e. The standard InChI is InChI=1S/C26H25N3O3S2/c1-33-25-5-3-2-4-24(25)28-26(30)29-16-14-23(15-17-29)34(31,32)22-12-10-21(11-13-22)20-8-6-19(18-27)7-9-20/h2-13,23H,14-17H2,1H3,(H,28,30). The minimum atomic E-state index is -3.50. The van der Waals surface area contributed by atoms with Crippen LogP contribution in [0.1, 0.15) is 18.4 Å². The number of hydrogen-bond acceptors (Lipinski definition) is 5. The van der Waals surface area contributed by atoms with Crippen molar-refractivity contribution in [3.05, 3.63) is 78.4 Å². The van der Waals surface area contributed by atoms with Crippen molar-refractivity contribution in [3.8, 4) is 17.2 Å². The van der Waals surface area contributed by atoms with E-state index in [4.69, 9.17) is 5.26 Å². The number of urea groups is 1. The second-order valence-electron chi connectivity index (χ2n) is 8.08. The van der Waals surface area contributed by atoms with Crippen LogP contribution < -0.4 is 5.32 Å². The number of sulfone groups is 1. The Balaban J connectivity index is 1.39. The van der Waals surface area contributed by atoms with Crippen LogP contribution in [0.3, 0.4) is 0 Å². The maximum atomic E-state index is 13.2. The second kappa shape index (κ2) is 10.3. The highest BCUT2D eigenvalue weighted by atomic mass is 32.2. The number of carbonyl (C=O) groups excluding carboxylic acids is 1. The van der Waals surface area contributed by atoms with Gasteiger partial charge in [0.15, 0.2) is 9.84 Å². The SMILES string of the molecule is CSc1ccccc1NC(=O)N1CCC(S(=O)(=O)c2ccc(-c3ccc(C#N)cc3)cc2)CC1. The van der Waals surface area contributed by atoms with E-state index in [9.17, 15) is 13.2 Å². The molecule has 0 atom stereocenters. The summed E-state index contributed by atoms with van der Waals surface area (Å²) in [7, 11) is -3.50. The van der Waals surface area contributed by atoms with Crippen LogP contribution in [0.15, 0.2) is 82.6 Å². The van der Waals surface area contributed by atoms with Crippen LogP contribution in [-0.4, -0.2) is 43.9 Å². The number of thioether (sulfide) groups is 1. The Hall–Kier alpha value is -3.28. The third kappa shape index (κ3) is 5.11. The van der Waals surface area contributed by atoms with Gasteiger partial charge in [-0.15, -0.1) is 11.8 Å². The Morgan fingerprint density at radius 1 is 0.971 bits per heavy atom. The van der Waals surface area contributed by atoms with E-state index in [2.05, 4.69) is 11.4 Å². The van der Waals surface area contributed by atoms with E-state index in [1.165, 1.54) is 0 Å². The van der Waals surface area contributed by atoms with E-state index < -0.39 is 15.1 Å². The van der Waals surface area contributed by atoms with Crippen molar-refractivity contribution in [2.75, 3.05) is 24.7 Å². The highest BCUT2D eigenvalue weighted by Gasteiger charge is 2.32. The molecule has 0 unspecified atom stereocenters. The number of amides is 2. The van der Waals surface area contributed by atoms with Crippen molar-refractivity contribution < 1.29 is 13.2 Å². The molecule has 2 amide bonds. The molecular weight excluding hydrogens is 466 g/mol. The molecule has 0 aromatic heterocycles. The lowest BCUT2D eigenvalue weighted by atomic mass is 10.0. The summed E-state index contributed by atoms with van der Waals surface area (Å²) in [6.45, 7) is 0.779. The number of nitriles is 1. The van der Waals surface area contributed by atoms with Gasteiger partial charge in [-0.3, -0.25) is 0 Å². The predicted molar refractivity (Wildman–Crippen MR) is 136 cm³/mol. The Bertz CT molecular complexity index is 1310. The molecule has 4 rings (SSSR count). The zero-order valence-electron chi connectivity index (χ0n) is 18.8. The summed E-state index contributed by atoms with van der Waals surface area (Å²) in [4.78, 5) is 15.7. The van der Waals surface area contributed by atoms with E-state index in [0.717, 1.165) is 21.7 Å². The first kappa shape index (κ1) is 23.9. The van der Waals surface area contributed by atoms with Gasteiger partial charge in [0.1, 0.15) is 0 Å². The van der Waals surface area contributed by atoms with E-state index in [-0.39, 0.29) is 6.03 Å². The molecule has 0 bridgehead atoms. The molecule has 1 aliphatic heterocycles. The van der Waals surface area contributed by atoms with Gasteiger partial charge in [0, 0.05) is 18.0 Å². The van der Waals surface area contributed by atoms with Gasteiger partial charge in [0.25, 0.3) is 0 Å². The predicted octanol–water partition coefficient (Wildman–Crippen LogP) is 5.42. The van der Waals surface area contributed by atoms with Gasteiger partial charge >= 0.3 is 6.03 Å². The topological polar surface area (TPSA) is 90.3 Å². The molecule has 1 aliphatic rings. The van der Waals surface area contributed by atoms with E-state index in [1.807, 2.05) is 42.7 Å². The molecule has 1 fully saturated rings. The maximum absolute atomic E-state index is 13.2. The van der Waals surface area contributed by atoms with Crippen LogP contribution in [-0.2, 0) is 9.84 Å². The summed E-state index contributed by atoms with van der Waals surface area (Å²) >= 11 is 1.56. The van der Waals surface area contributed by atoms with Gasteiger partial charge in [0.05, 0.1) is 27.5 Å². The number of anilines is 1. The lowest BCUT2D eigenvalue weighted by Gasteiger charge is -2.32. The lowest BCUT2D eigenvalue weighted by molar-refractivity contribution is 0.200. The number of likely N-dealkylation sites (tertiary alicyclic amines) is 1. The average Bonchev–Trinajstić information content (AvgIpc) is 2.89.